The second kappa shape index (κ2) is 10.1. The fourth-order valence-corrected chi connectivity index (χ4v) is 4.97. The Balaban J connectivity index is 1.46. The molecule has 1 N–H and O–H groups in total. The van der Waals surface area contributed by atoms with E-state index in [1.807, 2.05) is 0 Å². The zero-order valence-electron chi connectivity index (χ0n) is 22.2. The van der Waals surface area contributed by atoms with Crippen LogP contribution in [0.3, 0.4) is 0 Å². The highest BCUT2D eigenvalue weighted by Crippen LogP contribution is 2.36. The summed E-state index contributed by atoms with van der Waals surface area (Å²) in [4.78, 5) is 69.0. The van der Waals surface area contributed by atoms with Crippen molar-refractivity contribution in [2.45, 2.75) is 0 Å². The lowest BCUT2D eigenvalue weighted by molar-refractivity contribution is 0.0912. The van der Waals surface area contributed by atoms with Crippen LogP contribution in [0.2, 0.25) is 0 Å². The van der Waals surface area contributed by atoms with Gasteiger partial charge in [0.15, 0.2) is 0 Å². The number of benzene rings is 4. The van der Waals surface area contributed by atoms with Crippen molar-refractivity contribution in [3.05, 3.63) is 123 Å². The van der Waals surface area contributed by atoms with E-state index in [1.165, 1.54) is 54.6 Å². The van der Waals surface area contributed by atoms with Gasteiger partial charge in [0.25, 0.3) is 29.5 Å². The SMILES string of the molecule is C#Cc1ccc(NC(=O)c2cc(N3C(=O)c4ccc(C#C)cc4C3=O)cc(N3C(=O)c4ccc(C#C)cc4C3=O)c2)cc1. The van der Waals surface area contributed by atoms with Gasteiger partial charge in [-0.25, -0.2) is 9.80 Å². The maximum Gasteiger partial charge on any atom is 0.266 e. The molecule has 0 radical (unpaired) electrons. The van der Waals surface area contributed by atoms with Crippen molar-refractivity contribution in [2.75, 3.05) is 15.1 Å². The molecule has 0 saturated carbocycles. The number of fused-ring (bicyclic) bond motifs is 2. The molecule has 0 aliphatic carbocycles. The van der Waals surface area contributed by atoms with Crippen molar-refractivity contribution in [2.24, 2.45) is 0 Å². The molecule has 8 nitrogen and oxygen atoms in total. The largest absolute Gasteiger partial charge is 0.322 e. The van der Waals surface area contributed by atoms with Gasteiger partial charge in [-0.05, 0) is 78.9 Å². The van der Waals surface area contributed by atoms with Gasteiger partial charge >= 0.3 is 0 Å². The lowest BCUT2D eigenvalue weighted by atomic mass is 10.1. The molecule has 2 aliphatic heterocycles. The molecule has 4 aromatic rings. The minimum Gasteiger partial charge on any atom is -0.322 e. The number of anilines is 3. The molecule has 43 heavy (non-hydrogen) atoms. The fourth-order valence-electron chi connectivity index (χ4n) is 4.97. The second-order valence-electron chi connectivity index (χ2n) is 9.61. The first-order valence-electron chi connectivity index (χ1n) is 12.8. The third-order valence-electron chi connectivity index (χ3n) is 7.10. The van der Waals surface area contributed by atoms with Gasteiger partial charge in [0.2, 0.25) is 0 Å². The van der Waals surface area contributed by atoms with E-state index in [9.17, 15) is 24.0 Å². The van der Waals surface area contributed by atoms with Crippen LogP contribution in [-0.4, -0.2) is 29.5 Å². The molecular weight excluding hydrogens is 542 g/mol. The van der Waals surface area contributed by atoms with E-state index in [0.29, 0.717) is 22.4 Å². The number of nitrogens with one attached hydrogen (secondary N) is 1. The van der Waals surface area contributed by atoms with Crippen molar-refractivity contribution in [3.63, 3.8) is 0 Å². The smallest absolute Gasteiger partial charge is 0.266 e. The third kappa shape index (κ3) is 4.31. The van der Waals surface area contributed by atoms with Crippen molar-refractivity contribution in [3.8, 4) is 37.0 Å². The van der Waals surface area contributed by atoms with Crippen molar-refractivity contribution >= 4 is 46.6 Å². The summed E-state index contributed by atoms with van der Waals surface area (Å²) in [5.41, 5.74) is 2.18. The molecule has 2 heterocycles. The van der Waals surface area contributed by atoms with Gasteiger partial charge in [-0.15, -0.1) is 19.3 Å². The molecule has 0 saturated heterocycles. The molecule has 0 atom stereocenters. The normalized spacial score (nSPS) is 13.2. The highest BCUT2D eigenvalue weighted by atomic mass is 16.2. The molecule has 0 spiro atoms. The summed E-state index contributed by atoms with van der Waals surface area (Å²) in [7, 11) is 0. The predicted molar refractivity (Wildman–Crippen MR) is 160 cm³/mol. The zero-order chi connectivity index (χ0) is 30.4. The Morgan fingerprint density at radius 3 is 1.40 bits per heavy atom. The summed E-state index contributed by atoms with van der Waals surface area (Å²) < 4.78 is 0. The number of imide groups is 2. The van der Waals surface area contributed by atoms with Crippen molar-refractivity contribution < 1.29 is 24.0 Å². The van der Waals surface area contributed by atoms with Crippen molar-refractivity contribution in [1.29, 1.82) is 0 Å². The Labute approximate surface area is 245 Å². The molecule has 8 heteroatoms. The Bertz CT molecular complexity index is 1980. The Hall–Kier alpha value is -6.69. The van der Waals surface area contributed by atoms with Crippen LogP contribution < -0.4 is 15.1 Å². The fraction of sp³-hybridized carbons (Fsp3) is 0. The van der Waals surface area contributed by atoms with E-state index in [-0.39, 0.29) is 39.2 Å². The van der Waals surface area contributed by atoms with Gasteiger partial charge in [0.1, 0.15) is 0 Å². The molecule has 0 aromatic heterocycles. The van der Waals surface area contributed by atoms with Crippen LogP contribution in [0.4, 0.5) is 17.1 Å². The van der Waals surface area contributed by atoms with Crippen LogP contribution in [-0.2, 0) is 0 Å². The van der Waals surface area contributed by atoms with E-state index in [1.54, 1.807) is 24.3 Å². The number of hydrogen-bond donors (Lipinski definition) is 1. The standard InChI is InChI=1S/C35H17N3O5/c1-4-20-7-11-24(12-8-20)36-31(39)23-17-25(37-32(40)27-13-9-21(5-2)15-29(27)34(37)42)19-26(18-23)38-33(41)28-14-10-22(6-3)16-30(28)35(38)43/h1-3,7-19H,(H,36,39). The van der Waals surface area contributed by atoms with Gasteiger partial charge in [0, 0.05) is 27.9 Å². The molecular formula is C35H17N3O5. The highest BCUT2D eigenvalue weighted by molar-refractivity contribution is 6.36. The van der Waals surface area contributed by atoms with Crippen LogP contribution in [0.1, 0.15) is 68.5 Å². The number of rotatable bonds is 4. The van der Waals surface area contributed by atoms with E-state index in [2.05, 4.69) is 23.1 Å². The number of hydrogen-bond acceptors (Lipinski definition) is 5. The second-order valence-corrected chi connectivity index (χ2v) is 9.61. The average Bonchev–Trinajstić information content (AvgIpc) is 3.43. The van der Waals surface area contributed by atoms with E-state index < -0.39 is 29.5 Å². The van der Waals surface area contributed by atoms with Gasteiger partial charge in [0.05, 0.1) is 33.6 Å². The van der Waals surface area contributed by atoms with E-state index in [4.69, 9.17) is 19.3 Å². The summed E-state index contributed by atoms with van der Waals surface area (Å²) >= 11 is 0. The summed E-state index contributed by atoms with van der Waals surface area (Å²) in [5.74, 6) is 4.07. The number of carbonyl (C=O) groups is 5. The average molecular weight is 560 g/mol. The van der Waals surface area contributed by atoms with Crippen LogP contribution in [0.15, 0.2) is 78.9 Å². The van der Waals surface area contributed by atoms with Crippen LogP contribution in [0.5, 0.6) is 0 Å². The third-order valence-corrected chi connectivity index (χ3v) is 7.10. The first-order valence-corrected chi connectivity index (χ1v) is 12.8. The lowest BCUT2D eigenvalue weighted by Crippen LogP contribution is -2.32. The number of terminal acetylenes is 3. The molecule has 6 rings (SSSR count). The van der Waals surface area contributed by atoms with Gasteiger partial charge in [-0.1, -0.05) is 17.8 Å². The molecule has 5 amide bonds. The zero-order valence-corrected chi connectivity index (χ0v) is 22.2. The lowest BCUT2D eigenvalue weighted by Gasteiger charge is -2.20. The molecule has 0 fully saturated rings. The molecule has 202 valence electrons. The molecule has 0 unspecified atom stereocenters. The number of carbonyl (C=O) groups excluding carboxylic acids is 5. The number of amides is 5. The van der Waals surface area contributed by atoms with Gasteiger partial charge < -0.3 is 5.32 Å². The predicted octanol–water partition coefficient (Wildman–Crippen LogP) is 4.48. The first kappa shape index (κ1) is 26.5. The van der Waals surface area contributed by atoms with Gasteiger partial charge in [-0.2, -0.15) is 0 Å². The minimum atomic E-state index is -0.675. The summed E-state index contributed by atoms with van der Waals surface area (Å²) in [5, 5.41) is 2.73. The first-order chi connectivity index (χ1) is 20.7. The van der Waals surface area contributed by atoms with E-state index in [0.717, 1.165) is 9.80 Å². The molecule has 2 aliphatic rings. The molecule has 4 aromatic carbocycles. The van der Waals surface area contributed by atoms with Crippen molar-refractivity contribution in [1.82, 2.24) is 0 Å². The van der Waals surface area contributed by atoms with E-state index >= 15 is 0 Å². The summed E-state index contributed by atoms with van der Waals surface area (Å²) in [6.07, 6.45) is 16.4. The highest BCUT2D eigenvalue weighted by Gasteiger charge is 2.40. The summed E-state index contributed by atoms with van der Waals surface area (Å²) in [6, 6.07) is 19.3. The maximum atomic E-state index is 13.5. The Morgan fingerprint density at radius 2 is 0.953 bits per heavy atom. The quantitative estimate of drug-likeness (QED) is 0.293. The Kier molecular flexibility index (Phi) is 6.20. The summed E-state index contributed by atoms with van der Waals surface area (Å²) in [6.45, 7) is 0. The van der Waals surface area contributed by atoms with Crippen LogP contribution in [0, 0.1) is 37.0 Å². The van der Waals surface area contributed by atoms with Crippen LogP contribution >= 0.6 is 0 Å². The number of nitrogens with zero attached hydrogens (tertiary/aromatic N) is 2. The minimum absolute atomic E-state index is 0.0281. The van der Waals surface area contributed by atoms with Gasteiger partial charge in [-0.3, -0.25) is 24.0 Å². The maximum absolute atomic E-state index is 13.5. The Morgan fingerprint density at radius 1 is 0.535 bits per heavy atom. The topological polar surface area (TPSA) is 104 Å². The monoisotopic (exact) mass is 559 g/mol. The molecule has 0 bridgehead atoms. The van der Waals surface area contributed by atoms with Crippen LogP contribution in [0.25, 0.3) is 0 Å².